The molecule has 4 aromatic rings. The molecule has 0 bridgehead atoms. The Morgan fingerprint density at radius 1 is 0.848 bits per heavy atom. The topological polar surface area (TPSA) is 105 Å². The number of carbonyl (C=O) groups is 2. The molecule has 2 atom stereocenters. The Morgan fingerprint density at radius 2 is 1.48 bits per heavy atom. The molecule has 0 aliphatic rings. The molecular weight excluding hydrogens is 607 g/mol. The average molecular weight is 639 g/mol. The number of halogens is 5. The van der Waals surface area contributed by atoms with Gasteiger partial charge in [-0.1, -0.05) is 49.4 Å². The molecule has 4 aromatic carbocycles. The molecule has 0 spiro atoms. The van der Waals surface area contributed by atoms with Crippen LogP contribution in [0, 0.1) is 23.3 Å². The van der Waals surface area contributed by atoms with Gasteiger partial charge in [-0.2, -0.15) is 8.78 Å². The second-order valence-corrected chi connectivity index (χ2v) is 10.6. The van der Waals surface area contributed by atoms with Gasteiger partial charge < -0.3 is 20.9 Å². The molecule has 0 aliphatic carbocycles. The molecule has 0 radical (unpaired) electrons. The fraction of sp³-hybridized carbons (Fsp3) is 0.200. The molecule has 11 heteroatoms. The molecule has 0 aliphatic heterocycles. The highest BCUT2D eigenvalue weighted by Crippen LogP contribution is 2.36. The number of allylic oxidation sites excluding steroid dienone is 1. The Morgan fingerprint density at radius 3 is 2.09 bits per heavy atom. The number of carbonyl (C=O) groups excluding carboxylic acids is 2. The Labute approximate surface area is 262 Å². The Hall–Kier alpha value is -5.19. The molecule has 4 N–H and O–H groups in total. The average Bonchev–Trinajstić information content (AvgIpc) is 3.04. The molecule has 0 saturated carbocycles. The first-order valence-corrected chi connectivity index (χ1v) is 14.3. The van der Waals surface area contributed by atoms with Crippen LogP contribution in [0.1, 0.15) is 54.1 Å². The Kier molecular flexibility index (Phi) is 10.8. The lowest BCUT2D eigenvalue weighted by atomic mass is 9.94. The summed E-state index contributed by atoms with van der Waals surface area (Å²) in [6, 6.07) is 16.0. The maximum absolute atomic E-state index is 14.8. The van der Waals surface area contributed by atoms with Crippen molar-refractivity contribution in [3.63, 3.8) is 0 Å². The summed E-state index contributed by atoms with van der Waals surface area (Å²) in [7, 11) is 0. The van der Waals surface area contributed by atoms with Crippen LogP contribution in [0.3, 0.4) is 0 Å². The van der Waals surface area contributed by atoms with E-state index in [2.05, 4.69) is 0 Å². The maximum Gasteiger partial charge on any atom is 0.343 e. The number of ketones is 1. The standard InChI is InChI=1S/C35H31F5N2O4/c1-19(36)5-4-18-45-34-31(39)29(37)28(30(38)32(34)40)22-11-13-23(14-12-22)35(44)46-24-15-8-21(9-16-24)10-17-27(43)20(2)25-6-3-7-26(41)33(25)42/h3,6-17,19-20H,4-5,18,41-42H2,1-2H3/b17-10+. The number of anilines is 2. The molecule has 0 saturated heterocycles. The summed E-state index contributed by atoms with van der Waals surface area (Å²) in [4.78, 5) is 25.3. The van der Waals surface area contributed by atoms with E-state index in [1.807, 2.05) is 0 Å². The van der Waals surface area contributed by atoms with E-state index in [1.165, 1.54) is 37.3 Å². The van der Waals surface area contributed by atoms with Crippen molar-refractivity contribution in [1.82, 2.24) is 0 Å². The number of para-hydroxylation sites is 1. The Bertz CT molecular complexity index is 1730. The molecule has 0 heterocycles. The Balaban J connectivity index is 1.40. The highest BCUT2D eigenvalue weighted by molar-refractivity contribution is 5.99. The van der Waals surface area contributed by atoms with Crippen LogP contribution >= 0.6 is 0 Å². The van der Waals surface area contributed by atoms with Crippen LogP contribution in [0.25, 0.3) is 17.2 Å². The van der Waals surface area contributed by atoms with Gasteiger partial charge in [0.1, 0.15) is 5.75 Å². The van der Waals surface area contributed by atoms with Crippen LogP contribution in [0.4, 0.5) is 33.3 Å². The first-order valence-electron chi connectivity index (χ1n) is 14.3. The van der Waals surface area contributed by atoms with Crippen molar-refractivity contribution < 1.29 is 41.0 Å². The number of alkyl halides is 1. The van der Waals surface area contributed by atoms with Gasteiger partial charge in [0, 0.05) is 5.92 Å². The first-order chi connectivity index (χ1) is 21.9. The minimum Gasteiger partial charge on any atom is -0.487 e. The zero-order valence-corrected chi connectivity index (χ0v) is 25.0. The van der Waals surface area contributed by atoms with Gasteiger partial charge in [-0.05, 0) is 72.9 Å². The zero-order valence-electron chi connectivity index (χ0n) is 25.0. The molecule has 4 rings (SSSR count). The van der Waals surface area contributed by atoms with Crippen LogP contribution in [0.15, 0.2) is 72.8 Å². The van der Waals surface area contributed by atoms with Gasteiger partial charge in [0.15, 0.2) is 23.2 Å². The molecule has 0 amide bonds. The largest absolute Gasteiger partial charge is 0.487 e. The van der Waals surface area contributed by atoms with E-state index in [0.29, 0.717) is 22.5 Å². The molecule has 46 heavy (non-hydrogen) atoms. The van der Waals surface area contributed by atoms with Crippen molar-refractivity contribution >= 4 is 29.2 Å². The summed E-state index contributed by atoms with van der Waals surface area (Å²) in [6.45, 7) is 2.69. The normalized spacial score (nSPS) is 12.6. The summed E-state index contributed by atoms with van der Waals surface area (Å²) in [5.41, 5.74) is 12.6. The monoisotopic (exact) mass is 638 g/mol. The summed E-state index contributed by atoms with van der Waals surface area (Å²) < 4.78 is 81.9. The van der Waals surface area contributed by atoms with Crippen molar-refractivity contribution in [1.29, 1.82) is 0 Å². The third-order valence-corrected chi connectivity index (χ3v) is 7.22. The quantitative estimate of drug-likeness (QED) is 0.0308. The van der Waals surface area contributed by atoms with Gasteiger partial charge in [-0.3, -0.25) is 4.79 Å². The summed E-state index contributed by atoms with van der Waals surface area (Å²) >= 11 is 0. The maximum atomic E-state index is 14.8. The predicted octanol–water partition coefficient (Wildman–Crippen LogP) is 8.20. The van der Waals surface area contributed by atoms with Gasteiger partial charge in [-0.15, -0.1) is 0 Å². The third kappa shape index (κ3) is 7.71. The number of benzene rings is 4. The van der Waals surface area contributed by atoms with Crippen molar-refractivity contribution in [2.75, 3.05) is 18.1 Å². The number of hydrogen-bond donors (Lipinski definition) is 2. The van der Waals surface area contributed by atoms with E-state index in [4.69, 9.17) is 20.9 Å². The third-order valence-electron chi connectivity index (χ3n) is 7.22. The van der Waals surface area contributed by atoms with E-state index in [-0.39, 0.29) is 42.1 Å². The van der Waals surface area contributed by atoms with Crippen molar-refractivity contribution in [3.8, 4) is 22.6 Å². The van der Waals surface area contributed by atoms with E-state index >= 15 is 0 Å². The van der Waals surface area contributed by atoms with Gasteiger partial charge in [0.25, 0.3) is 0 Å². The van der Waals surface area contributed by atoms with Crippen LogP contribution < -0.4 is 20.9 Å². The van der Waals surface area contributed by atoms with Gasteiger partial charge >= 0.3 is 5.97 Å². The van der Waals surface area contributed by atoms with Crippen molar-refractivity contribution in [2.45, 2.75) is 38.8 Å². The van der Waals surface area contributed by atoms with Crippen LogP contribution in [0.5, 0.6) is 11.5 Å². The second-order valence-electron chi connectivity index (χ2n) is 10.6. The molecule has 0 fully saturated rings. The van der Waals surface area contributed by atoms with E-state index < -0.39 is 52.6 Å². The fourth-order valence-corrected chi connectivity index (χ4v) is 4.57. The molecule has 6 nitrogen and oxygen atoms in total. The minimum atomic E-state index is -1.73. The SMILES string of the molecule is CC(F)CCCOc1c(F)c(F)c(-c2ccc(C(=O)Oc3ccc(/C=C/C(=O)C(C)c4cccc(N)c4N)cc3)cc2)c(F)c1F. The van der Waals surface area contributed by atoms with E-state index in [0.717, 1.165) is 12.1 Å². The van der Waals surface area contributed by atoms with Crippen molar-refractivity contribution in [3.05, 3.63) is 113 Å². The highest BCUT2D eigenvalue weighted by atomic mass is 19.2. The van der Waals surface area contributed by atoms with E-state index in [9.17, 15) is 31.5 Å². The summed E-state index contributed by atoms with van der Waals surface area (Å²) in [6.07, 6.45) is 1.98. The van der Waals surface area contributed by atoms with Crippen LogP contribution in [-0.4, -0.2) is 24.5 Å². The molecule has 2 unspecified atom stereocenters. The lowest BCUT2D eigenvalue weighted by Gasteiger charge is -2.14. The summed E-state index contributed by atoms with van der Waals surface area (Å²) in [5, 5.41) is 0. The second kappa shape index (κ2) is 14.7. The number of ether oxygens (including phenoxy) is 2. The number of nitrogens with two attached hydrogens (primary N) is 2. The van der Waals surface area contributed by atoms with Crippen LogP contribution in [-0.2, 0) is 4.79 Å². The lowest BCUT2D eigenvalue weighted by molar-refractivity contribution is -0.115. The van der Waals surface area contributed by atoms with Crippen LogP contribution in [0.2, 0.25) is 0 Å². The van der Waals surface area contributed by atoms with E-state index in [1.54, 1.807) is 43.3 Å². The number of hydrogen-bond acceptors (Lipinski definition) is 6. The number of esters is 1. The first kappa shape index (κ1) is 33.7. The predicted molar refractivity (Wildman–Crippen MR) is 166 cm³/mol. The molecular formula is C35H31F5N2O4. The smallest absolute Gasteiger partial charge is 0.343 e. The summed E-state index contributed by atoms with van der Waals surface area (Å²) in [5.74, 6) is -9.37. The zero-order chi connectivity index (χ0) is 33.5. The van der Waals surface area contributed by atoms with Crippen molar-refractivity contribution in [2.24, 2.45) is 0 Å². The van der Waals surface area contributed by atoms with Gasteiger partial charge in [-0.25, -0.2) is 18.0 Å². The fourth-order valence-electron chi connectivity index (χ4n) is 4.57. The van der Waals surface area contributed by atoms with Gasteiger partial charge in [0.05, 0.1) is 35.3 Å². The van der Waals surface area contributed by atoms with Gasteiger partial charge in [0.2, 0.25) is 11.6 Å². The lowest BCUT2D eigenvalue weighted by Crippen LogP contribution is -2.10. The molecule has 240 valence electrons. The molecule has 0 aromatic heterocycles. The number of nitrogen functional groups attached to an aromatic ring is 2. The minimum absolute atomic E-state index is 0.00284. The highest BCUT2D eigenvalue weighted by Gasteiger charge is 2.28. The number of rotatable bonds is 12.